The molecule has 0 radical (unpaired) electrons. The van der Waals surface area contributed by atoms with Crippen molar-refractivity contribution in [2.24, 2.45) is 0 Å². The van der Waals surface area contributed by atoms with E-state index in [2.05, 4.69) is 0 Å². The molecule has 0 amide bonds. The fourth-order valence-corrected chi connectivity index (χ4v) is 4.76. The Kier molecular flexibility index (Phi) is 6.34. The summed E-state index contributed by atoms with van der Waals surface area (Å²) >= 11 is 1.34. The minimum atomic E-state index is -0.538. The van der Waals surface area contributed by atoms with Gasteiger partial charge in [0, 0.05) is 40.3 Å². The SMILES string of the molecule is CC(C)Oc1ccc(Sc2cn(C3CC(O)CC(CO)O3)c3ccccc23)c(F)c1. The second kappa shape index (κ2) is 8.98. The standard InChI is InChI=1S/C23H26FNO4S/c1-14(2)28-16-7-8-21(19(24)11-16)30-22-12-25(20-6-4-3-5-18(20)22)23-10-15(27)9-17(13-26)29-23/h3-8,11-12,14-15,17,23,26-27H,9-10,13H2,1-2H3. The highest BCUT2D eigenvalue weighted by Gasteiger charge is 2.30. The maximum Gasteiger partial charge on any atom is 0.140 e. The van der Waals surface area contributed by atoms with Gasteiger partial charge in [0.05, 0.1) is 30.4 Å². The van der Waals surface area contributed by atoms with Gasteiger partial charge in [-0.3, -0.25) is 0 Å². The maximum atomic E-state index is 14.7. The van der Waals surface area contributed by atoms with Gasteiger partial charge in [-0.25, -0.2) is 4.39 Å². The van der Waals surface area contributed by atoms with Gasteiger partial charge in [-0.15, -0.1) is 0 Å². The van der Waals surface area contributed by atoms with Crippen molar-refractivity contribution in [1.82, 2.24) is 4.57 Å². The van der Waals surface area contributed by atoms with Crippen molar-refractivity contribution in [3.05, 3.63) is 54.5 Å². The molecule has 160 valence electrons. The quantitative estimate of drug-likeness (QED) is 0.590. The van der Waals surface area contributed by atoms with Crippen LogP contribution in [0.5, 0.6) is 5.75 Å². The molecular weight excluding hydrogens is 405 g/mol. The molecule has 7 heteroatoms. The molecule has 1 fully saturated rings. The zero-order valence-electron chi connectivity index (χ0n) is 17.0. The Labute approximate surface area is 179 Å². The van der Waals surface area contributed by atoms with Crippen LogP contribution in [0.1, 0.15) is 32.9 Å². The van der Waals surface area contributed by atoms with Crippen LogP contribution in [-0.2, 0) is 4.74 Å². The number of fused-ring (bicyclic) bond motifs is 1. The second-order valence-electron chi connectivity index (χ2n) is 7.80. The van der Waals surface area contributed by atoms with Crippen LogP contribution in [0.4, 0.5) is 4.39 Å². The Morgan fingerprint density at radius 1 is 1.20 bits per heavy atom. The van der Waals surface area contributed by atoms with Crippen molar-refractivity contribution in [3.63, 3.8) is 0 Å². The van der Waals surface area contributed by atoms with Gasteiger partial charge in [0.1, 0.15) is 17.8 Å². The number of aromatic nitrogens is 1. The number of hydrogen-bond donors (Lipinski definition) is 2. The molecule has 1 aromatic heterocycles. The lowest BCUT2D eigenvalue weighted by molar-refractivity contribution is -0.140. The van der Waals surface area contributed by atoms with Gasteiger partial charge in [-0.1, -0.05) is 30.0 Å². The summed E-state index contributed by atoms with van der Waals surface area (Å²) in [4.78, 5) is 1.40. The van der Waals surface area contributed by atoms with E-state index >= 15 is 0 Å². The molecule has 1 aliphatic heterocycles. The number of nitrogens with zero attached hydrogens (tertiary/aromatic N) is 1. The highest BCUT2D eigenvalue weighted by atomic mass is 32.2. The van der Waals surface area contributed by atoms with E-state index in [4.69, 9.17) is 9.47 Å². The lowest BCUT2D eigenvalue weighted by Crippen LogP contribution is -2.35. The third-order valence-corrected chi connectivity index (χ3v) is 6.17. The van der Waals surface area contributed by atoms with Crippen molar-refractivity contribution in [2.75, 3.05) is 6.61 Å². The first kappa shape index (κ1) is 21.2. The van der Waals surface area contributed by atoms with Crippen LogP contribution in [0.2, 0.25) is 0 Å². The zero-order valence-corrected chi connectivity index (χ0v) is 17.8. The van der Waals surface area contributed by atoms with Crippen molar-refractivity contribution in [3.8, 4) is 5.75 Å². The van der Waals surface area contributed by atoms with E-state index in [9.17, 15) is 14.6 Å². The summed E-state index contributed by atoms with van der Waals surface area (Å²) in [5.74, 6) is 0.175. The van der Waals surface area contributed by atoms with Gasteiger partial charge in [-0.2, -0.15) is 0 Å². The summed E-state index contributed by atoms with van der Waals surface area (Å²) in [6, 6.07) is 12.8. The number of benzene rings is 2. The van der Waals surface area contributed by atoms with Gasteiger partial charge in [0.25, 0.3) is 0 Å². The van der Waals surface area contributed by atoms with Crippen LogP contribution in [-0.4, -0.2) is 39.7 Å². The molecule has 1 saturated heterocycles. The first-order valence-corrected chi connectivity index (χ1v) is 10.9. The van der Waals surface area contributed by atoms with E-state index in [-0.39, 0.29) is 18.5 Å². The second-order valence-corrected chi connectivity index (χ2v) is 8.88. The van der Waals surface area contributed by atoms with E-state index < -0.39 is 18.4 Å². The normalized spacial score (nSPS) is 22.0. The number of aliphatic hydroxyl groups excluding tert-OH is 2. The molecule has 0 saturated carbocycles. The number of halogens is 1. The summed E-state index contributed by atoms with van der Waals surface area (Å²) < 4.78 is 28.2. The van der Waals surface area contributed by atoms with Gasteiger partial charge >= 0.3 is 0 Å². The van der Waals surface area contributed by atoms with E-state index in [1.54, 1.807) is 12.1 Å². The number of rotatable bonds is 6. The lowest BCUT2D eigenvalue weighted by atomic mass is 10.0. The summed E-state index contributed by atoms with van der Waals surface area (Å²) in [5.41, 5.74) is 0.941. The van der Waals surface area contributed by atoms with Crippen molar-refractivity contribution >= 4 is 22.7 Å². The predicted molar refractivity (Wildman–Crippen MR) is 114 cm³/mol. The van der Waals surface area contributed by atoms with Crippen molar-refractivity contribution < 1.29 is 24.1 Å². The Morgan fingerprint density at radius 2 is 2.00 bits per heavy atom. The number of ether oxygens (including phenoxy) is 2. The molecule has 2 aromatic carbocycles. The molecule has 3 atom stereocenters. The highest BCUT2D eigenvalue weighted by molar-refractivity contribution is 7.99. The van der Waals surface area contributed by atoms with Crippen LogP contribution in [0.25, 0.3) is 10.9 Å². The number of para-hydroxylation sites is 1. The summed E-state index contributed by atoms with van der Waals surface area (Å²) in [5, 5.41) is 20.7. The largest absolute Gasteiger partial charge is 0.491 e. The van der Waals surface area contributed by atoms with Crippen LogP contribution in [0.15, 0.2) is 58.5 Å². The van der Waals surface area contributed by atoms with Crippen LogP contribution < -0.4 is 4.74 Å². The monoisotopic (exact) mass is 431 g/mol. The summed E-state index contributed by atoms with van der Waals surface area (Å²) in [6.45, 7) is 3.67. The molecule has 0 bridgehead atoms. The molecule has 5 nitrogen and oxygen atoms in total. The van der Waals surface area contributed by atoms with Crippen molar-refractivity contribution in [1.29, 1.82) is 0 Å². The van der Waals surface area contributed by atoms with Gasteiger partial charge in [0.2, 0.25) is 0 Å². The fraction of sp³-hybridized carbons (Fsp3) is 0.391. The molecule has 1 aliphatic rings. The molecule has 3 unspecified atom stereocenters. The molecule has 3 aromatic rings. The topological polar surface area (TPSA) is 63.9 Å². The molecule has 4 rings (SSSR count). The van der Waals surface area contributed by atoms with Crippen LogP contribution >= 0.6 is 11.8 Å². The molecule has 30 heavy (non-hydrogen) atoms. The molecule has 0 spiro atoms. The maximum absolute atomic E-state index is 14.7. The Balaban J connectivity index is 1.66. The van der Waals surface area contributed by atoms with Crippen LogP contribution in [0.3, 0.4) is 0 Å². The minimum Gasteiger partial charge on any atom is -0.491 e. The lowest BCUT2D eigenvalue weighted by Gasteiger charge is -2.33. The van der Waals surface area contributed by atoms with Gasteiger partial charge in [-0.05, 0) is 32.0 Å². The molecule has 2 heterocycles. The molecule has 0 aliphatic carbocycles. The first-order valence-electron chi connectivity index (χ1n) is 10.1. The Morgan fingerprint density at radius 3 is 2.73 bits per heavy atom. The van der Waals surface area contributed by atoms with E-state index in [1.807, 2.05) is 48.9 Å². The van der Waals surface area contributed by atoms with Crippen molar-refractivity contribution in [2.45, 2.75) is 61.0 Å². The Bertz CT molecular complexity index is 1020. The molecule has 2 N–H and O–H groups in total. The van der Waals surface area contributed by atoms with E-state index in [0.717, 1.165) is 15.8 Å². The first-order chi connectivity index (χ1) is 14.4. The van der Waals surface area contributed by atoms with Crippen LogP contribution in [0, 0.1) is 5.82 Å². The molecular formula is C23H26FNO4S. The zero-order chi connectivity index (χ0) is 21.3. The van der Waals surface area contributed by atoms with E-state index in [0.29, 0.717) is 23.5 Å². The minimum absolute atomic E-state index is 0.0190. The smallest absolute Gasteiger partial charge is 0.140 e. The number of aliphatic hydroxyl groups is 2. The predicted octanol–water partition coefficient (Wildman–Crippen LogP) is 4.75. The summed E-state index contributed by atoms with van der Waals surface area (Å²) in [6.07, 6.45) is 1.45. The third kappa shape index (κ3) is 4.49. The fourth-order valence-electron chi connectivity index (χ4n) is 3.78. The average molecular weight is 432 g/mol. The van der Waals surface area contributed by atoms with Gasteiger partial charge < -0.3 is 24.3 Å². The van der Waals surface area contributed by atoms with Gasteiger partial charge in [0.15, 0.2) is 0 Å². The Hall–Kier alpha value is -2.06. The summed E-state index contributed by atoms with van der Waals surface area (Å²) in [7, 11) is 0. The van der Waals surface area contributed by atoms with E-state index in [1.165, 1.54) is 17.8 Å². The number of hydrogen-bond acceptors (Lipinski definition) is 5. The average Bonchev–Trinajstić information content (AvgIpc) is 3.08. The highest BCUT2D eigenvalue weighted by Crippen LogP contribution is 2.40. The third-order valence-electron chi connectivity index (χ3n) is 5.07.